The van der Waals surface area contributed by atoms with E-state index in [2.05, 4.69) is 0 Å². The molecule has 0 saturated carbocycles. The Labute approximate surface area is 501 Å². The van der Waals surface area contributed by atoms with Gasteiger partial charge in [-0.1, -0.05) is 0 Å². The van der Waals surface area contributed by atoms with Gasteiger partial charge in [-0.3, -0.25) is 0 Å². The molecule has 22 rings (SSSR count). The summed E-state index contributed by atoms with van der Waals surface area (Å²) in [5.41, 5.74) is 0. The average molecular weight is 1250 g/mol. The number of aliphatic hydroxyl groups excluding tert-OH is 2. The molecule has 0 spiro atoms. The second kappa shape index (κ2) is 33.9. The minimum Gasteiger partial charge on any atom is -0.382 e. The lowest BCUT2D eigenvalue weighted by Crippen LogP contribution is -2.70. The zero-order valence-corrected chi connectivity index (χ0v) is 51.5. The van der Waals surface area contributed by atoms with Crippen molar-refractivity contribution in [1.82, 2.24) is 0 Å². The van der Waals surface area contributed by atoms with Crippen LogP contribution in [0.4, 0.5) is 0 Å². The predicted octanol–water partition coefficient (Wildman–Crippen LogP) is -2.80. The Morgan fingerprint density at radius 2 is 0.442 bits per heavy atom. The van der Waals surface area contributed by atoms with Crippen molar-refractivity contribution in [2.24, 2.45) is 0 Å². The summed E-state index contributed by atoms with van der Waals surface area (Å²) >= 11 is 0. The lowest BCUT2D eigenvalue weighted by atomic mass is 9.92. The van der Waals surface area contributed by atoms with Crippen LogP contribution in [0, 0.1) is 22.7 Å². The highest BCUT2D eigenvalue weighted by Gasteiger charge is 2.62. The van der Waals surface area contributed by atoms with Gasteiger partial charge >= 0.3 is 0 Å². The topological polar surface area (TPSA) is 346 Å². The molecule has 0 aromatic heterocycles. The molecule has 86 heavy (non-hydrogen) atoms. The molecule has 32 heteroatoms. The van der Waals surface area contributed by atoms with Gasteiger partial charge in [0.15, 0.2) is 49.9 Å². The van der Waals surface area contributed by atoms with E-state index in [1.54, 1.807) is 0 Å². The quantitative estimate of drug-likeness (QED) is 0.103. The SMILES string of the molecule is COC[C@H]1O[C@@H]2O[C@H]3[C@H](OC)[C@@H](OC)[C@H](O[C@@H]3[C@H](O)C#N)O[C@H]3[C@H](OC)[C@@H](OC)[C@@H](O[C@H]4[C@H](OC)[C@@H](OC)[C@@H](O[C@H]5[C@H](OC)[C@@H](OC)[C@H](O[C@@H]5[C@H](O)C#N)O[C@H]5[C@H](OC)[C@@H](OC)[C@@H](O[C@H]1[C@H](OC)[C@H]2OC)O[C@@H]5COC)O[C@@H]4COC)O[C@@H]3COC. The highest BCUT2D eigenvalue weighted by atomic mass is 16.8. The fourth-order valence-corrected chi connectivity index (χ4v) is 12.7. The molecule has 0 aliphatic carbocycles. The number of nitriles is 2. The van der Waals surface area contributed by atoms with Gasteiger partial charge in [-0.2, -0.15) is 10.5 Å². The summed E-state index contributed by atoms with van der Waals surface area (Å²) in [6.07, 6.45) is -39.9. The number of hydrogen-bond acceptors (Lipinski definition) is 32. The highest BCUT2D eigenvalue weighted by molar-refractivity contribution is 5.07. The van der Waals surface area contributed by atoms with Crippen LogP contribution in [0.5, 0.6) is 0 Å². The lowest BCUT2D eigenvalue weighted by molar-refractivity contribution is -0.411. The van der Waals surface area contributed by atoms with E-state index in [-0.39, 0.29) is 26.4 Å². The van der Waals surface area contributed by atoms with Crippen LogP contribution >= 0.6 is 0 Å². The van der Waals surface area contributed by atoms with Gasteiger partial charge < -0.3 is 143 Å². The second-order valence-electron chi connectivity index (χ2n) is 21.1. The van der Waals surface area contributed by atoms with Crippen molar-refractivity contribution in [3.8, 4) is 12.1 Å². The van der Waals surface area contributed by atoms with Crippen LogP contribution in [0.2, 0.25) is 0 Å². The molecule has 0 aromatic rings. The third-order valence-corrected chi connectivity index (χ3v) is 16.7. The number of rotatable bonds is 22. The fourth-order valence-electron chi connectivity index (χ4n) is 12.7. The van der Waals surface area contributed by atoms with Gasteiger partial charge in [-0.25, -0.2) is 0 Å². The maximum absolute atomic E-state index is 11.6. The fraction of sp³-hybridized carbons (Fsp3) is 0.963. The van der Waals surface area contributed by atoms with Crippen LogP contribution < -0.4 is 0 Å². The van der Waals surface area contributed by atoms with Crippen molar-refractivity contribution in [2.45, 2.75) is 196 Å². The zero-order valence-electron chi connectivity index (χ0n) is 51.5. The van der Waals surface area contributed by atoms with E-state index in [1.807, 2.05) is 12.1 Å². The summed E-state index contributed by atoms with van der Waals surface area (Å²) < 4.78 is 178. The van der Waals surface area contributed by atoms with Crippen molar-refractivity contribution in [3.05, 3.63) is 0 Å². The van der Waals surface area contributed by atoms with Gasteiger partial charge in [0.25, 0.3) is 0 Å². The first-order valence-electron chi connectivity index (χ1n) is 28.0. The summed E-state index contributed by atoms with van der Waals surface area (Å²) in [6, 6.07) is 3.73. The molecule has 22 aliphatic heterocycles. The van der Waals surface area contributed by atoms with Crippen LogP contribution in [-0.4, -0.2) is 347 Å². The first-order valence-corrected chi connectivity index (χ1v) is 28.0. The van der Waals surface area contributed by atoms with Gasteiger partial charge in [-0.15, -0.1) is 0 Å². The zero-order chi connectivity index (χ0) is 62.5. The van der Waals surface area contributed by atoms with Crippen LogP contribution in [0.25, 0.3) is 0 Å². The summed E-state index contributed by atoms with van der Waals surface area (Å²) in [5.74, 6) is 0. The molecular formula is C54H90N2O30. The average Bonchev–Trinajstić information content (AvgIpc) is 1.89. The van der Waals surface area contributed by atoms with Crippen LogP contribution in [-0.2, 0) is 133 Å². The summed E-state index contributed by atoms with van der Waals surface area (Å²) in [5, 5.41) is 43.9. The van der Waals surface area contributed by atoms with Crippen molar-refractivity contribution in [2.75, 3.05) is 140 Å². The molecule has 22 heterocycles. The van der Waals surface area contributed by atoms with Crippen molar-refractivity contribution < 1.29 is 143 Å². The minimum absolute atomic E-state index is 0.123. The molecule has 0 radical (unpaired) electrons. The van der Waals surface area contributed by atoms with E-state index in [9.17, 15) is 20.7 Å². The van der Waals surface area contributed by atoms with E-state index in [0.29, 0.717) is 0 Å². The highest BCUT2D eigenvalue weighted by Crippen LogP contribution is 2.42. The predicted molar refractivity (Wildman–Crippen MR) is 282 cm³/mol. The van der Waals surface area contributed by atoms with Gasteiger partial charge in [0.2, 0.25) is 0 Å². The molecule has 22 fully saturated rings. The largest absolute Gasteiger partial charge is 0.382 e. The standard InChI is InChI=1S/C54H90N2O30/c1-59-19-25-31-35(63-5)45(71-13)51(77-25)85-41-29(23(57)17-55)79-53(47(73-15)39(41)67-9)84-34-28(22-62-4)76-50(44(70-12)38(34)66-8)82-32-26(20-60-2)78-52(46(72-14)36(32)64-6)86-42-30(24(58)18-56)80-54(48(74-16)40(42)68-10)83-33-27(21-61-3)75-49(81-31)43(69-11)37(33)65-7/h23-54,57-58H,19-22H2,1-16H3/t23-,24-,25-,26-,27-,28-,29-,30-,31-,32-,33-,34-,35+,36+,37+,38+,39+,40+,41-,42-,43-,44-,45-,46-,47-,48-,49-,50-,51-,52-,53-,54-/m1/s1. The molecule has 32 nitrogen and oxygen atoms in total. The van der Waals surface area contributed by atoms with Crippen molar-refractivity contribution in [1.29, 1.82) is 10.5 Å². The maximum Gasteiger partial charge on any atom is 0.187 e. The van der Waals surface area contributed by atoms with E-state index < -0.39 is 196 Å². The van der Waals surface area contributed by atoms with Crippen LogP contribution in [0.3, 0.4) is 0 Å². The lowest BCUT2D eigenvalue weighted by Gasteiger charge is -2.53. The Morgan fingerprint density at radius 1 is 0.267 bits per heavy atom. The van der Waals surface area contributed by atoms with Crippen LogP contribution in [0.1, 0.15) is 0 Å². The second-order valence-corrected chi connectivity index (χ2v) is 21.1. The molecule has 0 unspecified atom stereocenters. The Balaban J connectivity index is 1.37. The van der Waals surface area contributed by atoms with E-state index >= 15 is 0 Å². The first kappa shape index (κ1) is 71.2. The molecule has 2 N–H and O–H groups in total. The van der Waals surface area contributed by atoms with E-state index in [4.69, 9.17) is 133 Å². The Morgan fingerprint density at radius 3 is 0.616 bits per heavy atom. The number of hydrogen-bond donors (Lipinski definition) is 2. The summed E-state index contributed by atoms with van der Waals surface area (Å²) in [6.45, 7) is -0.493. The Bertz CT molecular complexity index is 1920. The molecule has 32 atom stereocenters. The molecule has 22 aliphatic rings. The number of aliphatic hydroxyl groups is 2. The molecule has 12 bridgehead atoms. The third kappa shape index (κ3) is 14.8. The van der Waals surface area contributed by atoms with Gasteiger partial charge in [-0.05, 0) is 0 Å². The first-order chi connectivity index (χ1) is 41.7. The number of nitrogens with zero attached hydrogens (tertiary/aromatic N) is 2. The van der Waals surface area contributed by atoms with Crippen molar-refractivity contribution >= 4 is 0 Å². The molecule has 0 amide bonds. The smallest absolute Gasteiger partial charge is 0.187 e. The molecule has 0 aromatic carbocycles. The summed E-state index contributed by atoms with van der Waals surface area (Å²) in [4.78, 5) is 0. The van der Waals surface area contributed by atoms with E-state index in [1.165, 1.54) is 114 Å². The maximum atomic E-state index is 11.6. The Kier molecular flexibility index (Phi) is 28.1. The number of ether oxygens (including phenoxy) is 28. The van der Waals surface area contributed by atoms with Gasteiger partial charge in [0.1, 0.15) is 146 Å². The van der Waals surface area contributed by atoms with Crippen LogP contribution in [0.15, 0.2) is 0 Å². The molecule has 22 saturated heterocycles. The summed E-state index contributed by atoms with van der Waals surface area (Å²) in [7, 11) is 22.8. The monoisotopic (exact) mass is 1250 g/mol. The van der Waals surface area contributed by atoms with Gasteiger partial charge in [0.05, 0.1) is 38.6 Å². The molecular weight excluding hydrogens is 1160 g/mol. The molecule has 496 valence electrons. The third-order valence-electron chi connectivity index (χ3n) is 16.7. The van der Waals surface area contributed by atoms with Crippen molar-refractivity contribution in [3.63, 3.8) is 0 Å². The Hall–Kier alpha value is -2.22. The van der Waals surface area contributed by atoms with Gasteiger partial charge in [0, 0.05) is 114 Å². The minimum atomic E-state index is -1.87. The number of methoxy groups -OCH3 is 16. The van der Waals surface area contributed by atoms with E-state index in [0.717, 1.165) is 0 Å². The normalized spacial score (nSPS) is 45.8.